The molecule has 2 aromatic rings. The average Bonchev–Trinajstić information content (AvgIpc) is 2.55. The number of anilines is 1. The first-order valence-corrected chi connectivity index (χ1v) is 8.48. The lowest BCUT2D eigenvalue weighted by atomic mass is 9.89. The van der Waals surface area contributed by atoms with Crippen LogP contribution >= 0.6 is 12.2 Å². The molecule has 132 valence electrons. The highest BCUT2D eigenvalue weighted by molar-refractivity contribution is 7.80. The van der Waals surface area contributed by atoms with Crippen molar-refractivity contribution in [3.05, 3.63) is 53.8 Å². The van der Waals surface area contributed by atoms with Crippen LogP contribution in [0.1, 0.15) is 31.9 Å². The van der Waals surface area contributed by atoms with Gasteiger partial charge in [0.15, 0.2) is 5.11 Å². The van der Waals surface area contributed by atoms with Crippen molar-refractivity contribution in [2.75, 3.05) is 12.4 Å². The second-order valence-electron chi connectivity index (χ2n) is 6.60. The van der Waals surface area contributed by atoms with E-state index < -0.39 is 0 Å². The fourth-order valence-corrected chi connectivity index (χ4v) is 3.22. The van der Waals surface area contributed by atoms with Gasteiger partial charge in [-0.25, -0.2) is 4.39 Å². The Balaban J connectivity index is 1.80. The summed E-state index contributed by atoms with van der Waals surface area (Å²) >= 11 is 5.37. The third kappa shape index (κ3) is 4.02. The summed E-state index contributed by atoms with van der Waals surface area (Å²) in [5.41, 5.74) is 0.990. The van der Waals surface area contributed by atoms with Gasteiger partial charge < -0.3 is 20.1 Å². The number of thiocarbonyl (C=S) groups is 1. The van der Waals surface area contributed by atoms with Crippen LogP contribution < -0.4 is 20.1 Å². The maximum Gasteiger partial charge on any atom is 0.171 e. The predicted molar refractivity (Wildman–Crippen MR) is 101 cm³/mol. The van der Waals surface area contributed by atoms with Crippen molar-refractivity contribution in [2.24, 2.45) is 0 Å². The number of fused-ring (bicyclic) bond motifs is 1. The van der Waals surface area contributed by atoms with Gasteiger partial charge in [0.25, 0.3) is 0 Å². The number of nitrogens with one attached hydrogen (secondary N) is 2. The molecular formula is C19H21FN2O2S. The van der Waals surface area contributed by atoms with Gasteiger partial charge in [-0.2, -0.15) is 0 Å². The van der Waals surface area contributed by atoms with Crippen molar-refractivity contribution >= 4 is 23.0 Å². The van der Waals surface area contributed by atoms with Crippen LogP contribution in [0.3, 0.4) is 0 Å². The van der Waals surface area contributed by atoms with Crippen molar-refractivity contribution < 1.29 is 13.9 Å². The summed E-state index contributed by atoms with van der Waals surface area (Å²) in [5.74, 6) is 1.16. The monoisotopic (exact) mass is 360 g/mol. The van der Waals surface area contributed by atoms with Crippen LogP contribution in [0.5, 0.6) is 11.5 Å². The molecule has 0 spiro atoms. The Morgan fingerprint density at radius 1 is 1.28 bits per heavy atom. The summed E-state index contributed by atoms with van der Waals surface area (Å²) in [6.45, 7) is 4.05. The minimum absolute atomic E-state index is 0.0450. The van der Waals surface area contributed by atoms with Gasteiger partial charge in [-0.05, 0) is 50.3 Å². The smallest absolute Gasteiger partial charge is 0.171 e. The molecule has 0 aromatic heterocycles. The quantitative estimate of drug-likeness (QED) is 0.793. The molecule has 0 fully saturated rings. The minimum atomic E-state index is -0.357. The second-order valence-corrected chi connectivity index (χ2v) is 7.01. The number of hydrogen-bond donors (Lipinski definition) is 2. The van der Waals surface area contributed by atoms with E-state index in [-0.39, 0.29) is 17.5 Å². The number of ether oxygens (including phenoxy) is 2. The molecule has 0 saturated heterocycles. The number of rotatable bonds is 3. The zero-order valence-corrected chi connectivity index (χ0v) is 15.2. The lowest BCUT2D eigenvalue weighted by Gasteiger charge is -2.38. The van der Waals surface area contributed by atoms with Gasteiger partial charge >= 0.3 is 0 Å². The van der Waals surface area contributed by atoms with Crippen LogP contribution in [-0.4, -0.2) is 17.8 Å². The van der Waals surface area contributed by atoms with E-state index in [2.05, 4.69) is 10.6 Å². The van der Waals surface area contributed by atoms with E-state index >= 15 is 0 Å². The first kappa shape index (κ1) is 17.5. The lowest BCUT2D eigenvalue weighted by molar-refractivity contribution is 0.0693. The van der Waals surface area contributed by atoms with Gasteiger partial charge in [-0.3, -0.25) is 0 Å². The maximum atomic E-state index is 13.8. The number of hydrogen-bond acceptors (Lipinski definition) is 3. The summed E-state index contributed by atoms with van der Waals surface area (Å²) in [4.78, 5) is 0. The maximum absolute atomic E-state index is 13.8. The van der Waals surface area contributed by atoms with Gasteiger partial charge in [0.1, 0.15) is 22.9 Å². The van der Waals surface area contributed by atoms with Crippen LogP contribution in [0.25, 0.3) is 0 Å². The van der Waals surface area contributed by atoms with Crippen molar-refractivity contribution in [1.82, 2.24) is 5.32 Å². The molecule has 1 heterocycles. The van der Waals surface area contributed by atoms with Crippen molar-refractivity contribution in [3.63, 3.8) is 0 Å². The summed E-state index contributed by atoms with van der Waals surface area (Å²) in [7, 11) is 1.62. The van der Waals surface area contributed by atoms with E-state index in [1.807, 2.05) is 32.0 Å². The molecule has 1 atom stereocenters. The highest BCUT2D eigenvalue weighted by Crippen LogP contribution is 2.41. The third-order valence-corrected chi connectivity index (χ3v) is 4.33. The molecule has 0 radical (unpaired) electrons. The average molecular weight is 360 g/mol. The Labute approximate surface area is 152 Å². The van der Waals surface area contributed by atoms with E-state index in [0.717, 1.165) is 23.5 Å². The topological polar surface area (TPSA) is 42.5 Å². The molecule has 2 N–H and O–H groups in total. The van der Waals surface area contributed by atoms with Crippen molar-refractivity contribution in [3.8, 4) is 11.5 Å². The lowest BCUT2D eigenvalue weighted by Crippen LogP contribution is -2.42. The Morgan fingerprint density at radius 2 is 2.04 bits per heavy atom. The highest BCUT2D eigenvalue weighted by atomic mass is 32.1. The molecule has 0 bridgehead atoms. The Bertz CT molecular complexity index is 795. The molecule has 2 aromatic carbocycles. The molecule has 0 saturated carbocycles. The summed E-state index contributed by atoms with van der Waals surface area (Å²) in [5, 5.41) is 6.56. The van der Waals surface area contributed by atoms with Gasteiger partial charge in [-0.15, -0.1) is 0 Å². The molecule has 1 aliphatic heterocycles. The van der Waals surface area contributed by atoms with Crippen LogP contribution in [0.4, 0.5) is 10.1 Å². The Morgan fingerprint density at radius 3 is 2.76 bits per heavy atom. The first-order chi connectivity index (χ1) is 11.9. The predicted octanol–water partition coefficient (Wildman–Crippen LogP) is 4.42. The van der Waals surface area contributed by atoms with Crippen LogP contribution in [0.15, 0.2) is 42.5 Å². The van der Waals surface area contributed by atoms with E-state index in [9.17, 15) is 4.39 Å². The number of methoxy groups -OCH3 is 1. The molecule has 1 aliphatic rings. The zero-order valence-electron chi connectivity index (χ0n) is 14.4. The number of halogens is 1. The van der Waals surface area contributed by atoms with Crippen molar-refractivity contribution in [1.29, 1.82) is 0 Å². The van der Waals surface area contributed by atoms with E-state index in [0.29, 0.717) is 10.8 Å². The van der Waals surface area contributed by atoms with Gasteiger partial charge in [0.05, 0.1) is 18.8 Å². The van der Waals surface area contributed by atoms with Gasteiger partial charge in [0, 0.05) is 18.1 Å². The fraction of sp³-hybridized carbons (Fsp3) is 0.316. The van der Waals surface area contributed by atoms with Crippen LogP contribution in [0, 0.1) is 5.82 Å². The molecule has 4 nitrogen and oxygen atoms in total. The third-order valence-electron chi connectivity index (χ3n) is 4.11. The summed E-state index contributed by atoms with van der Waals surface area (Å²) < 4.78 is 25.1. The molecule has 0 unspecified atom stereocenters. The molecule has 0 aliphatic carbocycles. The van der Waals surface area contributed by atoms with Crippen LogP contribution in [-0.2, 0) is 0 Å². The molecular weight excluding hydrogens is 339 g/mol. The standard InChI is InChI=1S/C19H21FN2O2S/c1-19(2)11-16(13-9-8-12(23-3)10-17(13)24-19)22-18(25)21-15-7-5-4-6-14(15)20/h4-10,16H,11H2,1-3H3,(H2,21,22,25)/t16-/m0/s1. The van der Waals surface area contributed by atoms with Crippen molar-refractivity contribution in [2.45, 2.75) is 31.9 Å². The number of benzene rings is 2. The first-order valence-electron chi connectivity index (χ1n) is 8.07. The van der Waals surface area contributed by atoms with Gasteiger partial charge in [0.2, 0.25) is 0 Å². The zero-order chi connectivity index (χ0) is 18.0. The summed E-state index contributed by atoms with van der Waals surface area (Å²) in [6.07, 6.45) is 0.728. The SMILES string of the molecule is COc1ccc2c(c1)OC(C)(C)C[C@@H]2NC(=S)Nc1ccccc1F. The van der Waals surface area contributed by atoms with E-state index in [1.54, 1.807) is 25.3 Å². The molecule has 6 heteroatoms. The van der Waals surface area contributed by atoms with Crippen LogP contribution in [0.2, 0.25) is 0 Å². The largest absolute Gasteiger partial charge is 0.497 e. The Kier molecular flexibility index (Phi) is 4.81. The molecule has 3 rings (SSSR count). The minimum Gasteiger partial charge on any atom is -0.497 e. The highest BCUT2D eigenvalue weighted by Gasteiger charge is 2.34. The van der Waals surface area contributed by atoms with E-state index in [1.165, 1.54) is 6.07 Å². The van der Waals surface area contributed by atoms with E-state index in [4.69, 9.17) is 21.7 Å². The Hall–Kier alpha value is -2.34. The molecule has 25 heavy (non-hydrogen) atoms. The molecule has 0 amide bonds. The summed E-state index contributed by atoms with van der Waals surface area (Å²) in [6, 6.07) is 12.1. The van der Waals surface area contributed by atoms with Gasteiger partial charge in [-0.1, -0.05) is 12.1 Å². The fourth-order valence-electron chi connectivity index (χ4n) is 2.97. The normalized spacial score (nSPS) is 17.8. The second kappa shape index (κ2) is 6.88. The number of para-hydroxylation sites is 1.